The van der Waals surface area contributed by atoms with Gasteiger partial charge in [-0.15, -0.1) is 0 Å². The van der Waals surface area contributed by atoms with Crippen LogP contribution in [0.3, 0.4) is 0 Å². The van der Waals surface area contributed by atoms with E-state index in [2.05, 4.69) is 5.10 Å². The zero-order valence-electron chi connectivity index (χ0n) is 16.2. The van der Waals surface area contributed by atoms with Crippen molar-refractivity contribution < 1.29 is 35.1 Å². The molecule has 2 aliphatic rings. The number of alkyl halides is 3. The van der Waals surface area contributed by atoms with E-state index < -0.39 is 52.1 Å². The van der Waals surface area contributed by atoms with Gasteiger partial charge in [-0.25, -0.2) is 17.2 Å². The van der Waals surface area contributed by atoms with E-state index in [0.29, 0.717) is 11.3 Å². The largest absolute Gasteiger partial charge is 0.416 e. The highest BCUT2D eigenvalue weighted by Crippen LogP contribution is 2.42. The monoisotopic (exact) mass is 466 g/mol. The predicted molar refractivity (Wildman–Crippen MR) is 98.1 cm³/mol. The summed E-state index contributed by atoms with van der Waals surface area (Å²) in [6.07, 6.45) is -6.53. The molecule has 0 aliphatic carbocycles. The van der Waals surface area contributed by atoms with Crippen molar-refractivity contribution in [3.05, 3.63) is 52.9 Å². The van der Waals surface area contributed by atoms with Crippen LogP contribution in [0.4, 0.5) is 22.0 Å². The van der Waals surface area contributed by atoms with E-state index in [1.165, 1.54) is 11.1 Å². The molecule has 1 saturated heterocycles. The number of aromatic nitrogens is 2. The SMILES string of the molecule is CS(=O)(=O)n1cc2c(n1)CN([C@H]1C[C@H](N)[C@@H](c3cc(F)ccc3F)O[C@H]1C(F)(F)F)C2. The lowest BCUT2D eigenvalue weighted by Gasteiger charge is -2.44. The van der Waals surface area contributed by atoms with Gasteiger partial charge in [0.25, 0.3) is 10.0 Å². The van der Waals surface area contributed by atoms with Crippen molar-refractivity contribution in [2.45, 2.75) is 50.0 Å². The molecule has 2 aromatic rings. The molecule has 1 aromatic heterocycles. The summed E-state index contributed by atoms with van der Waals surface area (Å²) in [4.78, 5) is 1.46. The van der Waals surface area contributed by atoms with Gasteiger partial charge in [0.1, 0.15) is 17.7 Å². The van der Waals surface area contributed by atoms with Crippen molar-refractivity contribution in [1.29, 1.82) is 0 Å². The number of halogens is 5. The standard InChI is InChI=1S/C18H19F5N4O3S/c1-31(28,29)27-7-9-6-26(8-14(9)25-27)15-5-13(24)16(30-17(15)18(21,22)23)11-4-10(19)2-3-12(11)20/h2-4,7,13,15-17H,5-6,8,24H2,1H3/t13-,15-,16+,17+/m0/s1. The van der Waals surface area contributed by atoms with Crippen LogP contribution in [0.25, 0.3) is 0 Å². The Hall–Kier alpha value is -2.09. The number of hydrogen-bond donors (Lipinski definition) is 1. The van der Waals surface area contributed by atoms with Gasteiger partial charge in [-0.3, -0.25) is 4.90 Å². The van der Waals surface area contributed by atoms with Crippen LogP contribution in [0.2, 0.25) is 0 Å². The smallest absolute Gasteiger partial charge is 0.357 e. The Kier molecular flexibility index (Phi) is 5.35. The second kappa shape index (κ2) is 7.50. The fraction of sp³-hybridized carbons (Fsp3) is 0.500. The second-order valence-corrected chi connectivity index (χ2v) is 9.63. The Labute approximate surface area is 174 Å². The first-order valence-corrected chi connectivity index (χ1v) is 11.1. The molecule has 0 amide bonds. The van der Waals surface area contributed by atoms with Crippen molar-refractivity contribution in [3.63, 3.8) is 0 Å². The molecule has 7 nitrogen and oxygen atoms in total. The van der Waals surface area contributed by atoms with Crippen molar-refractivity contribution in [1.82, 2.24) is 14.1 Å². The van der Waals surface area contributed by atoms with Crippen LogP contribution in [0.5, 0.6) is 0 Å². The number of benzene rings is 1. The summed E-state index contributed by atoms with van der Waals surface area (Å²) in [5.74, 6) is -1.72. The summed E-state index contributed by atoms with van der Waals surface area (Å²) in [5.41, 5.74) is 6.51. The molecule has 0 spiro atoms. The van der Waals surface area contributed by atoms with Gasteiger partial charge in [-0.05, 0) is 24.6 Å². The molecule has 31 heavy (non-hydrogen) atoms. The fourth-order valence-corrected chi connectivity index (χ4v) is 4.67. The van der Waals surface area contributed by atoms with Gasteiger partial charge in [0.15, 0.2) is 6.10 Å². The van der Waals surface area contributed by atoms with Crippen LogP contribution >= 0.6 is 0 Å². The minimum atomic E-state index is -4.79. The van der Waals surface area contributed by atoms with Crippen LogP contribution in [0.15, 0.2) is 24.4 Å². The minimum Gasteiger partial charge on any atom is -0.357 e. The lowest BCUT2D eigenvalue weighted by Crippen LogP contribution is -2.58. The normalized spacial score (nSPS) is 27.5. The van der Waals surface area contributed by atoms with Crippen LogP contribution < -0.4 is 5.73 Å². The maximum Gasteiger partial charge on any atom is 0.416 e. The zero-order valence-corrected chi connectivity index (χ0v) is 17.0. The van der Waals surface area contributed by atoms with Gasteiger partial charge in [0, 0.05) is 42.5 Å². The maximum absolute atomic E-state index is 14.2. The highest BCUT2D eigenvalue weighted by molar-refractivity contribution is 7.89. The molecule has 1 fully saturated rings. The van der Waals surface area contributed by atoms with Crippen molar-refractivity contribution in [2.75, 3.05) is 6.26 Å². The Bertz CT molecular complexity index is 1080. The van der Waals surface area contributed by atoms with Gasteiger partial charge in [0.05, 0.1) is 11.9 Å². The molecule has 0 saturated carbocycles. The Balaban J connectivity index is 1.60. The van der Waals surface area contributed by atoms with E-state index in [9.17, 15) is 30.4 Å². The quantitative estimate of drug-likeness (QED) is 0.697. The number of hydrogen-bond acceptors (Lipinski definition) is 6. The van der Waals surface area contributed by atoms with Crippen molar-refractivity contribution in [3.8, 4) is 0 Å². The molecule has 2 N–H and O–H groups in total. The molecule has 170 valence electrons. The molecular formula is C18H19F5N4O3S. The van der Waals surface area contributed by atoms with E-state index in [1.807, 2.05) is 0 Å². The van der Waals surface area contributed by atoms with Gasteiger partial charge in [0.2, 0.25) is 0 Å². The Morgan fingerprint density at radius 1 is 1.23 bits per heavy atom. The second-order valence-electron chi connectivity index (χ2n) is 7.79. The lowest BCUT2D eigenvalue weighted by molar-refractivity contribution is -0.269. The van der Waals surface area contributed by atoms with Gasteiger partial charge in [-0.1, -0.05) is 0 Å². The molecule has 3 heterocycles. The van der Waals surface area contributed by atoms with Crippen molar-refractivity contribution >= 4 is 10.0 Å². The summed E-state index contributed by atoms with van der Waals surface area (Å²) in [6, 6.07) is 0.226. The van der Waals surface area contributed by atoms with E-state index in [-0.39, 0.29) is 25.1 Å². The third-order valence-corrected chi connectivity index (χ3v) is 6.39. The van der Waals surface area contributed by atoms with Crippen LogP contribution in [0.1, 0.15) is 29.3 Å². The number of nitrogens with zero attached hydrogens (tertiary/aromatic N) is 3. The molecule has 0 radical (unpaired) electrons. The third kappa shape index (κ3) is 4.19. The number of ether oxygens (including phenoxy) is 1. The van der Waals surface area contributed by atoms with Crippen LogP contribution in [-0.4, -0.2) is 53.1 Å². The molecule has 4 rings (SSSR count). The molecule has 0 bridgehead atoms. The molecule has 0 unspecified atom stereocenters. The first kappa shape index (κ1) is 22.1. The molecule has 4 atom stereocenters. The lowest BCUT2D eigenvalue weighted by atomic mass is 9.89. The minimum absolute atomic E-state index is 0.0236. The zero-order chi connectivity index (χ0) is 22.7. The molecular weight excluding hydrogens is 447 g/mol. The highest BCUT2D eigenvalue weighted by atomic mass is 32.2. The van der Waals surface area contributed by atoms with E-state index in [4.69, 9.17) is 10.5 Å². The van der Waals surface area contributed by atoms with E-state index in [0.717, 1.165) is 28.5 Å². The summed E-state index contributed by atoms with van der Waals surface area (Å²) >= 11 is 0. The number of nitrogens with two attached hydrogens (primary N) is 1. The first-order valence-electron chi connectivity index (χ1n) is 9.29. The summed E-state index contributed by atoms with van der Waals surface area (Å²) < 4.78 is 98.6. The first-order chi connectivity index (χ1) is 14.3. The summed E-state index contributed by atoms with van der Waals surface area (Å²) in [5, 5.41) is 3.94. The summed E-state index contributed by atoms with van der Waals surface area (Å²) in [6.45, 7) is 0.00134. The van der Waals surface area contributed by atoms with Crippen molar-refractivity contribution in [2.24, 2.45) is 5.73 Å². The highest BCUT2D eigenvalue weighted by Gasteiger charge is 2.54. The van der Waals surface area contributed by atoms with Gasteiger partial charge < -0.3 is 10.5 Å². The fourth-order valence-electron chi connectivity index (χ4n) is 4.10. The van der Waals surface area contributed by atoms with E-state index in [1.54, 1.807) is 0 Å². The molecule has 2 aliphatic heterocycles. The van der Waals surface area contributed by atoms with Crippen LogP contribution in [-0.2, 0) is 27.8 Å². The van der Waals surface area contributed by atoms with Gasteiger partial charge >= 0.3 is 6.18 Å². The van der Waals surface area contributed by atoms with Gasteiger partial charge in [-0.2, -0.15) is 22.4 Å². The number of fused-ring (bicyclic) bond motifs is 1. The topological polar surface area (TPSA) is 90.5 Å². The third-order valence-electron chi connectivity index (χ3n) is 5.52. The average molecular weight is 466 g/mol. The molecule has 13 heteroatoms. The average Bonchev–Trinajstić information content (AvgIpc) is 3.21. The number of rotatable bonds is 3. The summed E-state index contributed by atoms with van der Waals surface area (Å²) in [7, 11) is -3.62. The maximum atomic E-state index is 14.2. The van der Waals surface area contributed by atoms with Crippen LogP contribution in [0, 0.1) is 11.6 Å². The molecule has 1 aromatic carbocycles. The predicted octanol–water partition coefficient (Wildman–Crippen LogP) is 2.07. The Morgan fingerprint density at radius 2 is 1.94 bits per heavy atom. The Morgan fingerprint density at radius 3 is 2.55 bits per heavy atom. The van der Waals surface area contributed by atoms with E-state index >= 15 is 0 Å².